The number of ketones is 2. The number of rotatable bonds is 13. The molecule has 0 bridgehead atoms. The van der Waals surface area contributed by atoms with Crippen molar-refractivity contribution in [3.63, 3.8) is 0 Å². The van der Waals surface area contributed by atoms with Crippen LogP contribution in [0, 0.1) is 5.92 Å². The average Bonchev–Trinajstić information content (AvgIpc) is 3.18. The van der Waals surface area contributed by atoms with Crippen LogP contribution in [0.1, 0.15) is 110 Å². The average molecular weight is 827 g/mol. The minimum absolute atomic E-state index is 0.0239. The first kappa shape index (κ1) is 51.2. The van der Waals surface area contributed by atoms with E-state index in [9.17, 15) is 60.3 Å². The highest BCUT2D eigenvalue weighted by Crippen LogP contribution is 2.37. The second-order valence-corrected chi connectivity index (χ2v) is 14.6. The lowest BCUT2D eigenvalue weighted by Gasteiger charge is -2.25. The summed E-state index contributed by atoms with van der Waals surface area (Å²) < 4.78 is 4.76. The van der Waals surface area contributed by atoms with E-state index in [1.54, 1.807) is 27.7 Å². The lowest BCUT2D eigenvalue weighted by atomic mass is 9.85. The molecule has 0 aliphatic heterocycles. The van der Waals surface area contributed by atoms with Crippen LogP contribution in [0.25, 0.3) is 16.7 Å². The molecule has 0 fully saturated rings. The number of allylic oxidation sites excluding steroid dienone is 3. The Morgan fingerprint density at radius 3 is 1.33 bits per heavy atom. The second kappa shape index (κ2) is 20.7. The maximum absolute atomic E-state index is 12.4. The molecule has 1 unspecified atom stereocenters. The van der Waals surface area contributed by atoms with Gasteiger partial charge in [0.15, 0.2) is 46.1 Å². The molecule has 3 aromatic rings. The van der Waals surface area contributed by atoms with E-state index in [4.69, 9.17) is 4.74 Å². The molecule has 0 radical (unpaired) electrons. The lowest BCUT2D eigenvalue weighted by Crippen LogP contribution is -2.34. The monoisotopic (exact) mass is 826 g/mol. The molecular formula is C47H54O13. The molecule has 60 heavy (non-hydrogen) atoms. The lowest BCUT2D eigenvalue weighted by molar-refractivity contribution is -0.113. The van der Waals surface area contributed by atoms with E-state index in [1.165, 1.54) is 70.2 Å². The van der Waals surface area contributed by atoms with Crippen molar-refractivity contribution in [1.29, 1.82) is 0 Å². The third kappa shape index (κ3) is 13.7. The fraction of sp³-hybridized carbons (Fsp3) is 0.277. The van der Waals surface area contributed by atoms with Gasteiger partial charge in [0, 0.05) is 19.3 Å². The van der Waals surface area contributed by atoms with Crippen molar-refractivity contribution < 1.29 is 65.1 Å². The van der Waals surface area contributed by atoms with E-state index in [0.29, 0.717) is 33.4 Å². The van der Waals surface area contributed by atoms with Gasteiger partial charge < -0.3 is 50.7 Å². The van der Waals surface area contributed by atoms with Crippen molar-refractivity contribution in [2.45, 2.75) is 78.8 Å². The molecule has 3 atom stereocenters. The maximum atomic E-state index is 12.4. The highest BCUT2D eigenvalue weighted by Gasteiger charge is 2.32. The molecule has 0 aliphatic carbocycles. The molecule has 13 nitrogen and oxygen atoms in total. The fourth-order valence-electron chi connectivity index (χ4n) is 4.70. The van der Waals surface area contributed by atoms with Gasteiger partial charge in [-0.15, -0.1) is 23.8 Å². The number of aliphatic hydroxyl groups is 3. The molecule has 3 aromatic carbocycles. The summed E-state index contributed by atoms with van der Waals surface area (Å²) in [6.07, 6.45) is 2.03. The zero-order valence-electron chi connectivity index (χ0n) is 35.1. The van der Waals surface area contributed by atoms with E-state index < -0.39 is 69.2 Å². The van der Waals surface area contributed by atoms with Crippen molar-refractivity contribution >= 4 is 34.3 Å². The molecule has 9 N–H and O–H groups in total. The molecule has 0 heterocycles. The van der Waals surface area contributed by atoms with Crippen LogP contribution >= 0.6 is 0 Å². The van der Waals surface area contributed by atoms with E-state index in [2.05, 4.69) is 50.1 Å². The summed E-state index contributed by atoms with van der Waals surface area (Å²) in [5.74, 6) is -7.43. The number of phenols is 6. The van der Waals surface area contributed by atoms with E-state index in [1.807, 2.05) is 0 Å². The van der Waals surface area contributed by atoms with Crippen LogP contribution in [0.5, 0.6) is 34.5 Å². The number of benzene rings is 3. The number of esters is 1. The van der Waals surface area contributed by atoms with E-state index in [0.717, 1.165) is 6.08 Å². The first-order valence-electron chi connectivity index (χ1n) is 18.1. The molecule has 0 saturated heterocycles. The number of phenolic OH excluding ortho intramolecular Hbond substituents is 6. The van der Waals surface area contributed by atoms with Crippen molar-refractivity contribution in [1.82, 2.24) is 0 Å². The van der Waals surface area contributed by atoms with Crippen molar-refractivity contribution in [3.8, 4) is 34.5 Å². The highest BCUT2D eigenvalue weighted by molar-refractivity contribution is 6.02. The first-order chi connectivity index (χ1) is 27.5. The number of ether oxygens (including phenoxy) is 1. The second-order valence-electron chi connectivity index (χ2n) is 14.6. The van der Waals surface area contributed by atoms with Gasteiger partial charge >= 0.3 is 5.97 Å². The summed E-state index contributed by atoms with van der Waals surface area (Å²) in [4.78, 5) is 36.4. The number of carbonyl (C=O) groups is 3. The van der Waals surface area contributed by atoms with Crippen LogP contribution in [-0.4, -0.2) is 80.5 Å². The predicted octanol–water partition coefficient (Wildman–Crippen LogP) is 8.01. The van der Waals surface area contributed by atoms with Crippen molar-refractivity contribution in [3.05, 3.63) is 132 Å². The summed E-state index contributed by atoms with van der Waals surface area (Å²) >= 11 is 0. The maximum Gasteiger partial charge on any atom is 0.344 e. The Hall–Kier alpha value is -6.81. The van der Waals surface area contributed by atoms with Gasteiger partial charge in [0.2, 0.25) is 5.79 Å². The number of aromatic hydroxyl groups is 6. The quantitative estimate of drug-likeness (QED) is 0.0198. The summed E-state index contributed by atoms with van der Waals surface area (Å²) in [6.45, 7) is 29.6. The molecular weight excluding hydrogens is 773 g/mol. The van der Waals surface area contributed by atoms with Gasteiger partial charge in [-0.1, -0.05) is 39.3 Å². The van der Waals surface area contributed by atoms with Gasteiger partial charge in [-0.2, -0.15) is 0 Å². The topological polar surface area (TPSA) is 243 Å². The zero-order chi connectivity index (χ0) is 46.7. The number of Topliss-reactive ketones (excluding diaryl/α,β-unsaturated/α-hetero) is 2. The number of carbonyl (C=O) groups excluding carboxylic acids is 3. The van der Waals surface area contributed by atoms with Crippen LogP contribution in [0.2, 0.25) is 0 Å². The molecule has 320 valence electrons. The Labute approximate surface area is 349 Å². The Morgan fingerprint density at radius 1 is 0.633 bits per heavy atom. The molecule has 0 saturated carbocycles. The molecule has 0 spiro atoms. The smallest absolute Gasteiger partial charge is 0.344 e. The van der Waals surface area contributed by atoms with Gasteiger partial charge in [0.25, 0.3) is 0 Å². The van der Waals surface area contributed by atoms with Gasteiger partial charge in [-0.25, -0.2) is 4.79 Å². The van der Waals surface area contributed by atoms with Crippen LogP contribution in [0.15, 0.2) is 98.6 Å². The first-order valence-corrected chi connectivity index (χ1v) is 18.1. The zero-order valence-corrected chi connectivity index (χ0v) is 35.1. The van der Waals surface area contributed by atoms with Crippen LogP contribution < -0.4 is 0 Å². The summed E-state index contributed by atoms with van der Waals surface area (Å²) in [5.41, 5.74) is 8.32. The van der Waals surface area contributed by atoms with Gasteiger partial charge in [0.05, 0.1) is 22.3 Å². The Balaban J connectivity index is 0.000000450. The molecule has 0 amide bonds. The minimum Gasteiger partial charge on any atom is -0.504 e. The molecule has 3 rings (SSSR count). The highest BCUT2D eigenvalue weighted by atomic mass is 16.7. The van der Waals surface area contributed by atoms with Crippen molar-refractivity contribution in [2.24, 2.45) is 5.92 Å². The van der Waals surface area contributed by atoms with Gasteiger partial charge in [0.1, 0.15) is 5.56 Å². The van der Waals surface area contributed by atoms with Crippen molar-refractivity contribution in [2.75, 3.05) is 0 Å². The fourth-order valence-corrected chi connectivity index (χ4v) is 4.70. The molecule has 13 heteroatoms. The summed E-state index contributed by atoms with van der Waals surface area (Å²) in [5, 5.41) is 87.8. The minimum atomic E-state index is -1.88. The largest absolute Gasteiger partial charge is 0.504 e. The van der Waals surface area contributed by atoms with Gasteiger partial charge in [-0.05, 0) is 117 Å². The Kier molecular flexibility index (Phi) is 17.7. The van der Waals surface area contributed by atoms with E-state index >= 15 is 0 Å². The summed E-state index contributed by atoms with van der Waals surface area (Å²) in [7, 11) is 0. The number of hydrogen-bond donors (Lipinski definition) is 9. The predicted molar refractivity (Wildman–Crippen MR) is 230 cm³/mol. The SMILES string of the molecule is C=C=C(C)c1cc(O)c(O)c(C(=O)C(C)C(C)(C)O)c1.C=C=C(C)c1cc(O)c(O)c(C(=O)C[C@](C)(O)C=C)c1.C=C=C(C)c1cc(O)c(O)c(C(=O)O[C@](C)(O)C=C)c1. The third-order valence-electron chi connectivity index (χ3n) is 9.24. The van der Waals surface area contributed by atoms with E-state index in [-0.39, 0.29) is 28.9 Å². The van der Waals surface area contributed by atoms with Crippen LogP contribution in [0.4, 0.5) is 0 Å². The molecule has 0 aromatic heterocycles. The normalized spacial score (nSPS) is 12.9. The summed E-state index contributed by atoms with van der Waals surface area (Å²) in [6, 6.07) is 8.15. The van der Waals surface area contributed by atoms with Crippen LogP contribution in [0.3, 0.4) is 0 Å². The Morgan fingerprint density at radius 2 is 0.983 bits per heavy atom. The molecule has 0 aliphatic rings. The van der Waals surface area contributed by atoms with Crippen LogP contribution in [-0.2, 0) is 4.74 Å². The standard InChI is InChI=1S/C16H20O4.C16H18O4.C15H16O5/c1-6-9(2)11-7-12(15(19)13(17)8-11)14(18)10(3)16(4,5)20;1-5-10(3)11-7-12(15(19)13(17)8-11)14(18)9-16(4,20)6-2;1-5-9(3)10-7-11(13(17)12(16)8-10)14(18)20-15(4,19)6-2/h7-8,10,17,19-20H,1H2,2-5H3;6-8,17,19-20H,1-2,9H2,3-4H3;6-8,16-17,19H,1-2H2,3-4H3/t;16-;15-/m.10/s1. The third-order valence-corrected chi connectivity index (χ3v) is 9.24. The number of hydrogen-bond acceptors (Lipinski definition) is 13. The Bertz CT molecular complexity index is 2210. The van der Waals surface area contributed by atoms with Gasteiger partial charge in [-0.3, -0.25) is 9.59 Å².